The highest BCUT2D eigenvalue weighted by Gasteiger charge is 2.36. The number of rotatable bonds is 19. The predicted octanol–water partition coefficient (Wildman–Crippen LogP) is 8.93. The fourth-order valence-corrected chi connectivity index (χ4v) is 8.89. The second-order valence-electron chi connectivity index (χ2n) is 16.9. The number of ether oxygens (including phenoxy) is 3. The van der Waals surface area contributed by atoms with E-state index in [0.29, 0.717) is 42.6 Å². The van der Waals surface area contributed by atoms with E-state index in [9.17, 15) is 24.0 Å². The first-order chi connectivity index (χ1) is 32.0. The summed E-state index contributed by atoms with van der Waals surface area (Å²) in [6.07, 6.45) is 1.00. The van der Waals surface area contributed by atoms with Crippen molar-refractivity contribution in [1.82, 2.24) is 16.0 Å². The molecule has 7 rings (SSSR count). The van der Waals surface area contributed by atoms with E-state index in [2.05, 4.69) is 33.4 Å². The van der Waals surface area contributed by atoms with Crippen molar-refractivity contribution in [2.75, 3.05) is 42.4 Å². The number of anilines is 2. The third-order valence-corrected chi connectivity index (χ3v) is 12.4. The third-order valence-electron chi connectivity index (χ3n) is 12.0. The van der Waals surface area contributed by atoms with Crippen molar-refractivity contribution in [1.29, 1.82) is 0 Å². The number of urea groups is 1. The van der Waals surface area contributed by atoms with Crippen molar-refractivity contribution < 1.29 is 38.2 Å². The number of alkyl halides is 1. The Balaban J connectivity index is 0.991. The highest BCUT2D eigenvalue weighted by molar-refractivity contribution is 6.19. The Bertz CT molecular complexity index is 2510. The summed E-state index contributed by atoms with van der Waals surface area (Å²) >= 11 is 6.43. The highest BCUT2D eigenvalue weighted by Crippen LogP contribution is 2.46. The number of nitrogens with one attached hydrogen (secondary N) is 4. The number of benzene rings is 5. The van der Waals surface area contributed by atoms with Gasteiger partial charge < -0.3 is 41.2 Å². The minimum atomic E-state index is -1.03. The lowest BCUT2D eigenvalue weighted by Gasteiger charge is -2.25. The van der Waals surface area contributed by atoms with Crippen molar-refractivity contribution in [3.63, 3.8) is 0 Å². The molecule has 0 aromatic heterocycles. The molecule has 6 amide bonds. The number of halogens is 1. The van der Waals surface area contributed by atoms with Gasteiger partial charge in [0.2, 0.25) is 11.8 Å². The maximum atomic E-state index is 13.8. The van der Waals surface area contributed by atoms with Crippen molar-refractivity contribution in [3.05, 3.63) is 125 Å². The van der Waals surface area contributed by atoms with Gasteiger partial charge in [0.05, 0.1) is 12.3 Å². The molecule has 1 aliphatic heterocycles. The lowest BCUT2D eigenvalue weighted by Crippen LogP contribution is -2.54. The van der Waals surface area contributed by atoms with Crippen molar-refractivity contribution in [2.45, 2.75) is 77.0 Å². The normalized spacial score (nSPS) is 14.7. The number of hydrogen-bond donors (Lipinski definition) is 5. The zero-order valence-corrected chi connectivity index (χ0v) is 38.2. The van der Waals surface area contributed by atoms with Crippen LogP contribution >= 0.6 is 11.6 Å². The van der Waals surface area contributed by atoms with E-state index in [0.717, 1.165) is 57.0 Å². The first-order valence-corrected chi connectivity index (χ1v) is 23.0. The van der Waals surface area contributed by atoms with Crippen LogP contribution in [0.5, 0.6) is 5.75 Å². The molecule has 1 heterocycles. The lowest BCUT2D eigenvalue weighted by molar-refractivity contribution is -0.128. The molecule has 0 spiro atoms. The Labute approximate surface area is 389 Å². The van der Waals surface area contributed by atoms with Gasteiger partial charge in [-0.1, -0.05) is 112 Å². The van der Waals surface area contributed by atoms with E-state index in [-0.39, 0.29) is 43.9 Å². The van der Waals surface area contributed by atoms with Gasteiger partial charge in [-0.2, -0.15) is 0 Å². The standard InChI is InChI=1S/C51H57ClN6O8/c1-4-5-25-64-51(63)58-28-33(27-52)45-40-18-11-10-17-39(40)44(26-43(45)58)65-29-32-20-22-34(23-21-32)55-47(59)42(19-12-24-54-49(53)61)56-48(60)46(31(2)3)57-50(62)66-30-41-37-15-8-6-13-35(37)36-14-7-9-16-38(36)41/h6-11,13-18,20-23,26,31,33,41-42,46H,4-5,12,19,24-25,27-30H2,1-3H3,(H,55,59)(H,56,60)(H,57,62)(H3,53,54,61)/t33?,42-,46-/m0/s1. The SMILES string of the molecule is CCCCOC(=O)N1CC(CCl)c2c1cc(OCc1ccc(NC(=O)[C@H](CCCNC(N)=O)NC(=O)[C@@H](NC(=O)OCC3c4ccccc4-c4ccccc43)C(C)C)cc1)c1ccccc21. The topological polar surface area (TPSA) is 190 Å². The maximum absolute atomic E-state index is 13.8. The molecule has 15 heteroatoms. The largest absolute Gasteiger partial charge is 0.488 e. The molecule has 14 nitrogen and oxygen atoms in total. The summed E-state index contributed by atoms with van der Waals surface area (Å²) in [5.41, 5.74) is 12.6. The van der Waals surface area contributed by atoms with E-state index in [4.69, 9.17) is 31.5 Å². The molecule has 5 aromatic rings. The molecule has 6 N–H and O–H groups in total. The van der Waals surface area contributed by atoms with Crippen LogP contribution in [0.25, 0.3) is 21.9 Å². The van der Waals surface area contributed by atoms with Gasteiger partial charge in [-0.15, -0.1) is 11.6 Å². The van der Waals surface area contributed by atoms with E-state index < -0.39 is 42.1 Å². The van der Waals surface area contributed by atoms with Crippen LogP contribution in [-0.4, -0.2) is 74.3 Å². The Morgan fingerprint density at radius 1 is 0.818 bits per heavy atom. The molecular formula is C51H57ClN6O8. The zero-order valence-electron chi connectivity index (χ0n) is 37.4. The van der Waals surface area contributed by atoms with Gasteiger partial charge in [0.1, 0.15) is 31.0 Å². The van der Waals surface area contributed by atoms with Crippen molar-refractivity contribution >= 4 is 63.8 Å². The number of carbonyl (C=O) groups is 5. The molecule has 2 aliphatic rings. The van der Waals surface area contributed by atoms with Crippen LogP contribution in [0.1, 0.15) is 80.5 Å². The number of carbonyl (C=O) groups excluding carboxylic acids is 5. The van der Waals surface area contributed by atoms with E-state index >= 15 is 0 Å². The first-order valence-electron chi connectivity index (χ1n) is 22.5. The second kappa shape index (κ2) is 21.9. The molecule has 1 unspecified atom stereocenters. The summed E-state index contributed by atoms with van der Waals surface area (Å²) in [7, 11) is 0. The lowest BCUT2D eigenvalue weighted by atomic mass is 9.95. The van der Waals surface area contributed by atoms with Gasteiger partial charge in [-0.05, 0) is 76.1 Å². The molecule has 0 saturated heterocycles. The molecule has 5 aromatic carbocycles. The van der Waals surface area contributed by atoms with Crippen molar-refractivity contribution in [2.24, 2.45) is 11.7 Å². The summed E-state index contributed by atoms with van der Waals surface area (Å²) in [5.74, 6) is -0.699. The van der Waals surface area contributed by atoms with Gasteiger partial charge in [-0.3, -0.25) is 14.5 Å². The minimum Gasteiger partial charge on any atom is -0.488 e. The monoisotopic (exact) mass is 916 g/mol. The average Bonchev–Trinajstić information content (AvgIpc) is 3.86. The highest BCUT2D eigenvalue weighted by atomic mass is 35.5. The van der Waals surface area contributed by atoms with E-state index in [1.54, 1.807) is 30.9 Å². The quantitative estimate of drug-likeness (QED) is 0.0401. The summed E-state index contributed by atoms with van der Waals surface area (Å²) in [5, 5.41) is 12.8. The van der Waals surface area contributed by atoms with E-state index in [1.807, 2.05) is 85.8 Å². The Morgan fingerprint density at radius 2 is 1.48 bits per heavy atom. The number of alkyl carbamates (subject to hydrolysis) is 1. The Hall–Kier alpha value is -6.80. The van der Waals surface area contributed by atoms with Gasteiger partial charge in [-0.25, -0.2) is 14.4 Å². The number of nitrogens with two attached hydrogens (primary N) is 1. The minimum absolute atomic E-state index is 0.0654. The smallest absolute Gasteiger partial charge is 0.414 e. The van der Waals surface area contributed by atoms with Gasteiger partial charge >= 0.3 is 18.2 Å². The third kappa shape index (κ3) is 11.0. The van der Waals surface area contributed by atoms with Gasteiger partial charge in [0.15, 0.2) is 0 Å². The number of hydrogen-bond acceptors (Lipinski definition) is 8. The van der Waals surface area contributed by atoms with Gasteiger partial charge in [0.25, 0.3) is 0 Å². The van der Waals surface area contributed by atoms with Crippen molar-refractivity contribution in [3.8, 4) is 16.9 Å². The first kappa shape index (κ1) is 47.2. The van der Waals surface area contributed by atoms with E-state index in [1.165, 1.54) is 0 Å². The average molecular weight is 918 g/mol. The predicted molar refractivity (Wildman–Crippen MR) is 256 cm³/mol. The molecule has 0 bridgehead atoms. The molecule has 66 heavy (non-hydrogen) atoms. The Morgan fingerprint density at radius 3 is 2.14 bits per heavy atom. The molecular weight excluding hydrogens is 860 g/mol. The second-order valence-corrected chi connectivity index (χ2v) is 17.3. The summed E-state index contributed by atoms with van der Waals surface area (Å²) in [6.45, 7) is 6.81. The zero-order chi connectivity index (χ0) is 46.7. The Kier molecular flexibility index (Phi) is 15.7. The summed E-state index contributed by atoms with van der Waals surface area (Å²) in [4.78, 5) is 67.1. The molecule has 0 fully saturated rings. The van der Waals surface area contributed by atoms with Gasteiger partial charge in [0, 0.05) is 47.9 Å². The molecule has 3 atom stereocenters. The molecule has 346 valence electrons. The number of amides is 6. The van der Waals surface area contributed by atoms with Crippen LogP contribution in [0, 0.1) is 5.92 Å². The van der Waals surface area contributed by atoms with Crippen LogP contribution in [0.2, 0.25) is 0 Å². The van der Waals surface area contributed by atoms with Crippen LogP contribution < -0.4 is 36.6 Å². The molecule has 0 saturated carbocycles. The summed E-state index contributed by atoms with van der Waals surface area (Å²) in [6, 6.07) is 30.2. The fraction of sp³-hybridized carbons (Fsp3) is 0.353. The number of fused-ring (bicyclic) bond motifs is 6. The van der Waals surface area contributed by atoms with Crippen LogP contribution in [-0.2, 0) is 25.7 Å². The van der Waals surface area contributed by atoms with Crippen LogP contribution in [0.15, 0.2) is 103 Å². The fourth-order valence-electron chi connectivity index (χ4n) is 8.64. The maximum Gasteiger partial charge on any atom is 0.414 e. The molecule has 0 radical (unpaired) electrons. The molecule has 1 aliphatic carbocycles. The number of primary amides is 1. The van der Waals surface area contributed by atoms with Crippen LogP contribution in [0.3, 0.4) is 0 Å². The summed E-state index contributed by atoms with van der Waals surface area (Å²) < 4.78 is 17.7. The number of unbranched alkanes of at least 4 members (excludes halogenated alkanes) is 1. The van der Waals surface area contributed by atoms with Crippen LogP contribution in [0.4, 0.5) is 25.8 Å². The number of nitrogens with zero attached hydrogens (tertiary/aromatic N) is 1.